The third-order valence-electron chi connectivity index (χ3n) is 0. The van der Waals surface area contributed by atoms with Crippen molar-refractivity contribution in [3.63, 3.8) is 0 Å². The molecule has 0 aromatic carbocycles. The van der Waals surface area contributed by atoms with E-state index in [1.54, 1.807) is 0 Å². The molecule has 45 valence electrons. The maximum absolute atomic E-state index is 7.33. The van der Waals surface area contributed by atoms with Crippen molar-refractivity contribution >= 4 is 46.8 Å². The van der Waals surface area contributed by atoms with Crippen LogP contribution in [0.4, 0.5) is 0 Å². The molecule has 0 aliphatic rings. The van der Waals surface area contributed by atoms with Gasteiger partial charge in [0.15, 0.2) is 0 Å². The quantitative estimate of drug-likeness (QED) is 0.305. The normalized spacial score (nSPS) is 7.50. The van der Waals surface area contributed by atoms with Crippen LogP contribution >= 0.6 is 0 Å². The van der Waals surface area contributed by atoms with Gasteiger partial charge in [-0.1, -0.05) is 0 Å². The Labute approximate surface area is 115 Å². The van der Waals surface area contributed by atoms with Crippen LogP contribution in [-0.2, 0) is 17.1 Å². The topological polar surface area (TPSA) is 80.9 Å². The van der Waals surface area contributed by atoms with Gasteiger partial charge in [0.2, 0.25) is 0 Å². The fraction of sp³-hybridized carbons (Fsp3) is 0. The number of rotatable bonds is 0. The minimum atomic E-state index is -4.61. The molecule has 8 heteroatoms. The molecule has 0 saturated heterocycles. The van der Waals surface area contributed by atoms with Crippen molar-refractivity contribution < 1.29 is 70.1 Å². The summed E-state index contributed by atoms with van der Waals surface area (Å²) in [6.07, 6.45) is 0. The second-order valence-electron chi connectivity index (χ2n) is 0.600. The van der Waals surface area contributed by atoms with E-state index in [-0.39, 0.29) is 88.6 Å². The van der Waals surface area contributed by atoms with Gasteiger partial charge < -0.3 is 23.5 Å². The van der Waals surface area contributed by atoms with Crippen LogP contribution in [0.5, 0.6) is 0 Å². The third kappa shape index (κ3) is 67.5. The standard InChI is InChI=1S/Ca.Mn.Na.H4O4Si.3H/c;;;1-5(2,3)4;;;/h;;;1-4H;;;/q+2;;+1;;3*-1. The Morgan fingerprint density at radius 2 is 1.00 bits per heavy atom. The molecule has 4 nitrogen and oxygen atoms in total. The Balaban J connectivity index is -0.00000000533. The molecular weight excluding hydrogens is 210 g/mol. The van der Waals surface area contributed by atoms with Gasteiger partial charge in [-0.05, 0) is 0 Å². The Morgan fingerprint density at radius 3 is 1.00 bits per heavy atom. The zero-order chi connectivity index (χ0) is 4.50. The summed E-state index contributed by atoms with van der Waals surface area (Å²) in [6, 6.07) is 0. The van der Waals surface area contributed by atoms with Crippen LogP contribution in [-0.4, -0.2) is 66.0 Å². The summed E-state index contributed by atoms with van der Waals surface area (Å²) in [6.45, 7) is 0. The first kappa shape index (κ1) is 22.4. The molecule has 0 heterocycles. The Kier molecular flexibility index (Phi) is 27.6. The predicted molar refractivity (Wildman–Crippen MR) is 23.7 cm³/mol. The molecule has 0 amide bonds. The van der Waals surface area contributed by atoms with Crippen molar-refractivity contribution in [2.24, 2.45) is 0 Å². The van der Waals surface area contributed by atoms with Crippen LogP contribution in [0.1, 0.15) is 4.28 Å². The van der Waals surface area contributed by atoms with E-state index < -0.39 is 9.05 Å². The molecule has 1 radical (unpaired) electrons. The Morgan fingerprint density at radius 1 is 1.00 bits per heavy atom. The molecule has 8 heavy (non-hydrogen) atoms. The van der Waals surface area contributed by atoms with E-state index >= 15 is 0 Å². The molecule has 0 spiro atoms. The van der Waals surface area contributed by atoms with E-state index in [9.17, 15) is 0 Å². The van der Waals surface area contributed by atoms with Crippen LogP contribution in [0.15, 0.2) is 0 Å². The summed E-state index contributed by atoms with van der Waals surface area (Å²) < 4.78 is 0. The zero-order valence-corrected chi connectivity index (χ0v) is 10.8. The maximum Gasteiger partial charge on any atom is 2.00 e. The molecule has 0 aromatic rings. The largest absolute Gasteiger partial charge is 2.00 e. The van der Waals surface area contributed by atoms with Crippen molar-refractivity contribution in [1.82, 2.24) is 0 Å². The molecule has 0 atom stereocenters. The summed E-state index contributed by atoms with van der Waals surface area (Å²) in [5.41, 5.74) is 0. The van der Waals surface area contributed by atoms with Gasteiger partial charge >= 0.3 is 76.3 Å². The van der Waals surface area contributed by atoms with Crippen LogP contribution in [0.3, 0.4) is 0 Å². The fourth-order valence-electron chi connectivity index (χ4n) is 0. The molecule has 0 fully saturated rings. The van der Waals surface area contributed by atoms with Gasteiger partial charge in [0, 0.05) is 17.1 Å². The molecule has 4 N–H and O–H groups in total. The number of hydrogen-bond donors (Lipinski definition) is 4. The van der Waals surface area contributed by atoms with E-state index in [0.717, 1.165) is 0 Å². The van der Waals surface area contributed by atoms with Crippen LogP contribution in [0, 0.1) is 0 Å². The second kappa shape index (κ2) is 9.84. The van der Waals surface area contributed by atoms with E-state index in [0.29, 0.717) is 0 Å². The second-order valence-corrected chi connectivity index (χ2v) is 1.80. The fourth-order valence-corrected chi connectivity index (χ4v) is 0. The Bertz CT molecular complexity index is 40.8. The zero-order valence-electron chi connectivity index (χ0n) is 7.37. The van der Waals surface area contributed by atoms with Crippen molar-refractivity contribution in [1.29, 1.82) is 0 Å². The van der Waals surface area contributed by atoms with Gasteiger partial charge in [-0.25, -0.2) is 0 Å². The van der Waals surface area contributed by atoms with E-state index in [1.165, 1.54) is 0 Å². The minimum absolute atomic E-state index is 0. The van der Waals surface area contributed by atoms with Gasteiger partial charge in [-0.2, -0.15) is 0 Å². The van der Waals surface area contributed by atoms with Crippen LogP contribution < -0.4 is 29.6 Å². The first-order valence-electron chi connectivity index (χ1n) is 0.894. The molecule has 0 aliphatic carbocycles. The Hall–Kier alpha value is 2.84. The summed E-state index contributed by atoms with van der Waals surface area (Å²) in [5, 5.41) is 0. The van der Waals surface area contributed by atoms with Crippen LogP contribution in [0.2, 0.25) is 0 Å². The van der Waals surface area contributed by atoms with Crippen molar-refractivity contribution in [2.45, 2.75) is 0 Å². The van der Waals surface area contributed by atoms with Gasteiger partial charge in [-0.15, -0.1) is 0 Å². The summed E-state index contributed by atoms with van der Waals surface area (Å²) >= 11 is 0. The molecule has 0 aromatic heterocycles. The average molecular weight is 217 g/mol. The molecule has 0 aliphatic heterocycles. The third-order valence-corrected chi connectivity index (χ3v) is 0. The van der Waals surface area contributed by atoms with Crippen LogP contribution in [0.25, 0.3) is 0 Å². The van der Waals surface area contributed by atoms with E-state index in [4.69, 9.17) is 19.2 Å². The first-order valence-corrected chi connectivity index (χ1v) is 2.68. The molecule has 0 saturated carbocycles. The van der Waals surface area contributed by atoms with Crippen molar-refractivity contribution in [3.8, 4) is 0 Å². The molecule has 0 bridgehead atoms. The van der Waals surface area contributed by atoms with E-state index in [1.807, 2.05) is 0 Å². The van der Waals surface area contributed by atoms with Gasteiger partial charge in [-0.3, -0.25) is 0 Å². The maximum atomic E-state index is 7.33. The summed E-state index contributed by atoms with van der Waals surface area (Å²) in [7, 11) is -4.61. The predicted octanol–water partition coefficient (Wildman–Crippen LogP) is -5.65. The summed E-state index contributed by atoms with van der Waals surface area (Å²) in [4.78, 5) is 29.3. The minimum Gasteiger partial charge on any atom is -1.00 e. The SMILES string of the molecule is O[Si](O)(O)O.[Ca+2].[H-].[H-].[H-].[Mn].[Na+]. The van der Waals surface area contributed by atoms with E-state index in [2.05, 4.69) is 0 Å². The molecule has 0 rings (SSSR count). The molecule has 0 unspecified atom stereocenters. The van der Waals surface area contributed by atoms with Crippen molar-refractivity contribution in [2.75, 3.05) is 0 Å². The average Bonchev–Trinajstić information content (AvgIpc) is 0.722. The summed E-state index contributed by atoms with van der Waals surface area (Å²) in [5.74, 6) is 0. The van der Waals surface area contributed by atoms with Crippen molar-refractivity contribution in [3.05, 3.63) is 0 Å². The van der Waals surface area contributed by atoms with Gasteiger partial charge in [0.1, 0.15) is 0 Å². The molecular formula is H7CaMnNaO4Si. The monoisotopic (exact) mass is 217 g/mol. The number of hydrogen-bond acceptors (Lipinski definition) is 4. The first-order chi connectivity index (χ1) is 2.00. The smallest absolute Gasteiger partial charge is 1.00 e. The van der Waals surface area contributed by atoms with Gasteiger partial charge in [0.25, 0.3) is 0 Å². The van der Waals surface area contributed by atoms with Gasteiger partial charge in [0.05, 0.1) is 0 Å².